The molecule has 4 nitrogen and oxygen atoms in total. The number of nitrogens with zero attached hydrogens (tertiary/aromatic N) is 2. The third-order valence-corrected chi connectivity index (χ3v) is 20.0. The summed E-state index contributed by atoms with van der Waals surface area (Å²) in [6.07, 6.45) is 3.60. The van der Waals surface area contributed by atoms with Gasteiger partial charge in [-0.05, 0) is 236 Å². The summed E-state index contributed by atoms with van der Waals surface area (Å²) in [6.45, 7) is 16.3. The normalized spacial score (nSPS) is 14.6. The summed E-state index contributed by atoms with van der Waals surface area (Å²) in [5, 5.41) is 0. The highest BCUT2D eigenvalue weighted by atomic mass is 19.2. The monoisotopic (exact) mass is 1330 g/mol. The molecule has 14 aromatic rings. The fourth-order valence-corrected chi connectivity index (χ4v) is 15.2. The van der Waals surface area contributed by atoms with Crippen LogP contribution in [-0.2, 0) is 10.8 Å². The lowest BCUT2D eigenvalue weighted by molar-refractivity contribution is 0.482. The summed E-state index contributed by atoms with van der Waals surface area (Å²) < 4.78 is 74.5. The molecule has 2 aliphatic carbocycles. The van der Waals surface area contributed by atoms with E-state index in [1.165, 1.54) is 12.1 Å². The molecule has 0 N–H and O–H groups in total. The van der Waals surface area contributed by atoms with E-state index in [4.69, 9.17) is 9.47 Å². The number of halogens is 4. The van der Waals surface area contributed by atoms with E-state index in [0.717, 1.165) is 124 Å². The third-order valence-electron chi connectivity index (χ3n) is 20.0. The van der Waals surface area contributed by atoms with E-state index in [0.29, 0.717) is 51.4 Å². The molecule has 0 spiro atoms. The van der Waals surface area contributed by atoms with Crippen LogP contribution >= 0.6 is 0 Å². The second kappa shape index (κ2) is 26.1. The van der Waals surface area contributed by atoms with Gasteiger partial charge in [-0.1, -0.05) is 219 Å². The van der Waals surface area contributed by atoms with E-state index in [-0.39, 0.29) is 0 Å². The van der Waals surface area contributed by atoms with Gasteiger partial charge in [0.05, 0.1) is 10.8 Å². The predicted octanol–water partition coefficient (Wildman–Crippen LogP) is 25.8. The lowest BCUT2D eigenvalue weighted by Gasteiger charge is -2.35. The molecule has 0 aromatic heterocycles. The summed E-state index contributed by atoms with van der Waals surface area (Å²) in [6, 6.07) is 103. The second-order valence-corrected chi connectivity index (χ2v) is 26.0. The molecule has 0 radical (unpaired) electrons. The Labute approximate surface area is 591 Å². The van der Waals surface area contributed by atoms with Gasteiger partial charge in [0.1, 0.15) is 23.0 Å². The van der Waals surface area contributed by atoms with Crippen LogP contribution in [0.3, 0.4) is 0 Å². The van der Waals surface area contributed by atoms with Crippen molar-refractivity contribution in [2.45, 2.75) is 24.7 Å². The average Bonchev–Trinajstić information content (AvgIpc) is 1.54. The fourth-order valence-electron chi connectivity index (χ4n) is 15.2. The number of anilines is 6. The van der Waals surface area contributed by atoms with Crippen molar-refractivity contribution >= 4 is 51.8 Å². The summed E-state index contributed by atoms with van der Waals surface area (Å²) in [7, 11) is 0. The van der Waals surface area contributed by atoms with Crippen molar-refractivity contribution < 1.29 is 27.0 Å². The van der Waals surface area contributed by atoms with Crippen molar-refractivity contribution in [3.8, 4) is 56.4 Å². The molecule has 0 saturated heterocycles. The van der Waals surface area contributed by atoms with Crippen LogP contribution in [0, 0.1) is 30.2 Å². The molecule has 2 atom stereocenters. The van der Waals surface area contributed by atoms with E-state index >= 15 is 17.6 Å². The number of ether oxygens (including phenoxy) is 2. The largest absolute Gasteiger partial charge is 0.457 e. The molecular weight excluding hydrogens is 1270 g/mol. The van der Waals surface area contributed by atoms with Crippen LogP contribution in [0.4, 0.5) is 51.7 Å². The first-order chi connectivity index (χ1) is 49.8. The van der Waals surface area contributed by atoms with Crippen LogP contribution in [0.1, 0.15) is 73.7 Å². The number of hydrogen-bond donors (Lipinski definition) is 0. The summed E-state index contributed by atoms with van der Waals surface area (Å²) in [4.78, 5) is 3.92. The molecule has 2 unspecified atom stereocenters. The Kier molecular flexibility index (Phi) is 16.4. The lowest BCUT2D eigenvalue weighted by atomic mass is 9.67. The Morgan fingerprint density at radius 1 is 0.324 bits per heavy atom. The molecular formula is C94H66F4N2O2. The highest BCUT2D eigenvalue weighted by molar-refractivity contribution is 5.92. The van der Waals surface area contributed by atoms with Crippen LogP contribution in [0.2, 0.25) is 0 Å². The number of fused-ring (bicyclic) bond motifs is 6. The zero-order chi connectivity index (χ0) is 69.8. The molecule has 102 heavy (non-hydrogen) atoms. The van der Waals surface area contributed by atoms with Gasteiger partial charge in [0.15, 0.2) is 23.3 Å². The molecule has 0 aliphatic heterocycles. The number of rotatable bonds is 18. The standard InChI is InChI=1S/C94H66F4N2O2/c1-6-62-22-42-77(43-23-62)101-79-46-30-67(31-47-79)93(69-16-12-14-61(5)54-69)85-20-10-8-18-81(85)83-50-38-73(56-87(83)93)99(75-40-52-89(95)91(97)58-75)71-34-26-64(27-35-71)65-28-36-72(37-29-65)100(76-41-53-90(96)92(98)59-76)74-39-51-84-82-19-9-11-21-86(82)94(88(84)57-74,70-17-13-15-66(55-70)60(3)4)68-32-48-80(49-33-68)102-78-44-24-63(7-2)25-45-78/h6-59H,1-3H2,4-5H3. The van der Waals surface area contributed by atoms with Crippen molar-refractivity contribution in [1.29, 1.82) is 0 Å². The highest BCUT2D eigenvalue weighted by Gasteiger charge is 2.48. The van der Waals surface area contributed by atoms with E-state index in [1.54, 1.807) is 24.3 Å². The maximum Gasteiger partial charge on any atom is 0.160 e. The highest BCUT2D eigenvalue weighted by Crippen LogP contribution is 2.60. The molecule has 8 heteroatoms. The number of hydrogen-bond acceptors (Lipinski definition) is 4. The number of benzene rings is 14. The van der Waals surface area contributed by atoms with Gasteiger partial charge in [0, 0.05) is 46.3 Å². The van der Waals surface area contributed by atoms with Crippen LogP contribution in [0.15, 0.2) is 335 Å². The Balaban J connectivity index is 0.781. The van der Waals surface area contributed by atoms with Gasteiger partial charge in [-0.2, -0.15) is 0 Å². The Morgan fingerprint density at radius 3 is 1.09 bits per heavy atom. The van der Waals surface area contributed by atoms with E-state index in [9.17, 15) is 0 Å². The van der Waals surface area contributed by atoms with Gasteiger partial charge < -0.3 is 19.3 Å². The number of aryl methyl sites for hydroxylation is 1. The summed E-state index contributed by atoms with van der Waals surface area (Å²) >= 11 is 0. The topological polar surface area (TPSA) is 24.9 Å². The van der Waals surface area contributed by atoms with Crippen LogP contribution < -0.4 is 19.3 Å². The molecule has 2 aliphatic rings. The van der Waals surface area contributed by atoms with Gasteiger partial charge in [0.2, 0.25) is 0 Å². The van der Waals surface area contributed by atoms with E-state index in [2.05, 4.69) is 172 Å². The second-order valence-electron chi connectivity index (χ2n) is 26.0. The van der Waals surface area contributed by atoms with Crippen molar-refractivity contribution in [2.75, 3.05) is 9.80 Å². The lowest BCUT2D eigenvalue weighted by Crippen LogP contribution is -2.29. The van der Waals surface area contributed by atoms with E-state index in [1.807, 2.05) is 150 Å². The molecule has 0 fully saturated rings. The van der Waals surface area contributed by atoms with Gasteiger partial charge in [-0.25, -0.2) is 17.6 Å². The molecule has 0 saturated carbocycles. The van der Waals surface area contributed by atoms with Gasteiger partial charge in [-0.3, -0.25) is 0 Å². The zero-order valence-corrected chi connectivity index (χ0v) is 56.0. The fraction of sp³-hybridized carbons (Fsp3) is 0.0426. The minimum absolute atomic E-state index is 0.414. The minimum Gasteiger partial charge on any atom is -0.457 e. The zero-order valence-electron chi connectivity index (χ0n) is 56.0. The van der Waals surface area contributed by atoms with Gasteiger partial charge >= 0.3 is 0 Å². The Morgan fingerprint density at radius 2 is 0.686 bits per heavy atom. The van der Waals surface area contributed by atoms with Crippen LogP contribution in [0.5, 0.6) is 23.0 Å². The Hall–Kier alpha value is -12.8. The number of allylic oxidation sites excluding steroid dienone is 1. The smallest absolute Gasteiger partial charge is 0.160 e. The molecule has 0 bridgehead atoms. The van der Waals surface area contributed by atoms with Crippen molar-refractivity contribution in [3.63, 3.8) is 0 Å². The average molecular weight is 1330 g/mol. The SMILES string of the molecule is C=Cc1ccc(Oc2ccc(C3(c4cccc(C)c4)c4ccccc4-c4ccc(N(c5ccc(-c6ccc(N(c7ccc(F)c(F)c7)c7ccc8c(c7)C(c7ccc(Oc9ccc(C=C)cc9)cc7)(c7cccc(C(=C)C)c7)c7ccccc7-8)cc6)cc5)c5ccc(F)c(F)c5)cc43)cc2)cc1. The molecule has 16 rings (SSSR count). The maximum atomic E-state index is 15.8. The molecule has 0 amide bonds. The first-order valence-electron chi connectivity index (χ1n) is 33.8. The third kappa shape index (κ3) is 11.1. The van der Waals surface area contributed by atoms with Crippen molar-refractivity contribution in [2.24, 2.45) is 0 Å². The van der Waals surface area contributed by atoms with Gasteiger partial charge in [0.25, 0.3) is 0 Å². The molecule has 492 valence electrons. The summed E-state index contributed by atoms with van der Waals surface area (Å²) in [5.41, 5.74) is 21.3. The predicted molar refractivity (Wildman–Crippen MR) is 408 cm³/mol. The Bertz CT molecular complexity index is 5590. The molecule has 0 heterocycles. The van der Waals surface area contributed by atoms with Crippen LogP contribution in [0.25, 0.3) is 51.1 Å². The quantitative estimate of drug-likeness (QED) is 0.0800. The minimum atomic E-state index is -0.983. The first kappa shape index (κ1) is 63.9. The van der Waals surface area contributed by atoms with E-state index < -0.39 is 34.1 Å². The van der Waals surface area contributed by atoms with Crippen molar-refractivity contribution in [3.05, 3.63) is 425 Å². The maximum absolute atomic E-state index is 15.8. The van der Waals surface area contributed by atoms with Gasteiger partial charge in [-0.15, -0.1) is 0 Å². The first-order valence-corrected chi connectivity index (χ1v) is 33.8. The van der Waals surface area contributed by atoms with Crippen LogP contribution in [-0.4, -0.2) is 0 Å². The summed E-state index contributed by atoms with van der Waals surface area (Å²) in [5.74, 6) is -1.12. The van der Waals surface area contributed by atoms with Crippen molar-refractivity contribution in [1.82, 2.24) is 0 Å². The molecule has 14 aromatic carbocycles.